The van der Waals surface area contributed by atoms with E-state index >= 15 is 0 Å². The van der Waals surface area contributed by atoms with E-state index in [9.17, 15) is 8.42 Å². The first-order valence-electron chi connectivity index (χ1n) is 5.34. The van der Waals surface area contributed by atoms with Crippen molar-refractivity contribution < 1.29 is 18.3 Å². The third-order valence-corrected chi connectivity index (χ3v) is 3.36. The van der Waals surface area contributed by atoms with Crippen molar-refractivity contribution in [3.8, 4) is 0 Å². The van der Waals surface area contributed by atoms with Crippen LogP contribution in [-0.2, 0) is 20.5 Å². The minimum atomic E-state index is -3.31. The third kappa shape index (κ3) is 6.38. The van der Waals surface area contributed by atoms with Gasteiger partial charge in [0.2, 0.25) is 10.0 Å². The molecule has 0 amide bonds. The molecule has 0 unspecified atom stereocenters. The molecule has 5 nitrogen and oxygen atoms in total. The van der Waals surface area contributed by atoms with E-state index in [1.807, 2.05) is 6.07 Å². The van der Waals surface area contributed by atoms with Gasteiger partial charge in [-0.05, 0) is 5.56 Å². The van der Waals surface area contributed by atoms with E-state index in [1.54, 1.807) is 24.3 Å². The first kappa shape index (κ1) is 14.1. The number of aliphatic hydroxyl groups excluding tert-OH is 1. The molecule has 0 bridgehead atoms. The van der Waals surface area contributed by atoms with Crippen LogP contribution in [0.15, 0.2) is 30.3 Å². The summed E-state index contributed by atoms with van der Waals surface area (Å²) in [5, 5.41) is 8.46. The predicted molar refractivity (Wildman–Crippen MR) is 65.0 cm³/mol. The Balaban J connectivity index is 2.32. The first-order chi connectivity index (χ1) is 8.14. The Bertz CT molecular complexity index is 405. The molecule has 0 aromatic heterocycles. The van der Waals surface area contributed by atoms with Crippen molar-refractivity contribution in [2.75, 3.05) is 26.4 Å². The zero-order valence-corrected chi connectivity index (χ0v) is 10.3. The van der Waals surface area contributed by atoms with Crippen LogP contribution >= 0.6 is 0 Å². The zero-order chi connectivity index (χ0) is 12.6. The van der Waals surface area contributed by atoms with E-state index < -0.39 is 10.0 Å². The van der Waals surface area contributed by atoms with Crippen molar-refractivity contribution in [1.82, 2.24) is 4.72 Å². The van der Waals surface area contributed by atoms with Crippen LogP contribution in [-0.4, -0.2) is 39.9 Å². The van der Waals surface area contributed by atoms with Crippen LogP contribution in [0.5, 0.6) is 0 Å². The van der Waals surface area contributed by atoms with Gasteiger partial charge in [-0.3, -0.25) is 0 Å². The number of hydrogen-bond donors (Lipinski definition) is 2. The van der Waals surface area contributed by atoms with Gasteiger partial charge in [0.05, 0.1) is 25.6 Å². The fourth-order valence-corrected chi connectivity index (χ4v) is 2.41. The number of ether oxygens (including phenoxy) is 1. The molecule has 0 saturated carbocycles. The minimum absolute atomic E-state index is 0.0339. The Morgan fingerprint density at radius 1 is 1.18 bits per heavy atom. The lowest BCUT2D eigenvalue weighted by atomic mass is 10.2. The molecular formula is C11H17NO4S. The van der Waals surface area contributed by atoms with E-state index in [-0.39, 0.29) is 32.1 Å². The predicted octanol–water partition coefficient (Wildman–Crippen LogP) is 0.115. The summed E-state index contributed by atoms with van der Waals surface area (Å²) in [6.45, 7) is 0.640. The monoisotopic (exact) mass is 259 g/mol. The highest BCUT2D eigenvalue weighted by molar-refractivity contribution is 7.88. The van der Waals surface area contributed by atoms with Crippen molar-refractivity contribution >= 4 is 10.0 Å². The van der Waals surface area contributed by atoms with Gasteiger partial charge in [0.25, 0.3) is 0 Å². The van der Waals surface area contributed by atoms with Gasteiger partial charge in [-0.2, -0.15) is 0 Å². The third-order valence-electron chi connectivity index (χ3n) is 2.00. The van der Waals surface area contributed by atoms with Gasteiger partial charge in [0.15, 0.2) is 0 Å². The lowest BCUT2D eigenvalue weighted by Gasteiger charge is -2.06. The number of benzene rings is 1. The lowest BCUT2D eigenvalue weighted by molar-refractivity contribution is 0.0961. The van der Waals surface area contributed by atoms with Crippen LogP contribution in [0.3, 0.4) is 0 Å². The highest BCUT2D eigenvalue weighted by Gasteiger charge is 2.09. The summed E-state index contributed by atoms with van der Waals surface area (Å²) in [5.74, 6) is -0.0339. The van der Waals surface area contributed by atoms with Gasteiger partial charge in [-0.25, -0.2) is 13.1 Å². The molecule has 0 fully saturated rings. The molecule has 1 rings (SSSR count). The second kappa shape index (κ2) is 7.39. The van der Waals surface area contributed by atoms with Crippen LogP contribution in [0, 0.1) is 0 Å². The smallest absolute Gasteiger partial charge is 0.215 e. The van der Waals surface area contributed by atoms with E-state index in [1.165, 1.54) is 0 Å². The van der Waals surface area contributed by atoms with Crippen LogP contribution in [0.1, 0.15) is 5.56 Å². The van der Waals surface area contributed by atoms with Gasteiger partial charge < -0.3 is 9.84 Å². The minimum Gasteiger partial charge on any atom is -0.394 e. The number of rotatable bonds is 8. The summed E-state index contributed by atoms with van der Waals surface area (Å²) in [6, 6.07) is 8.97. The maximum atomic E-state index is 11.6. The average molecular weight is 259 g/mol. The Morgan fingerprint density at radius 3 is 2.53 bits per heavy atom. The first-order valence-corrected chi connectivity index (χ1v) is 6.99. The standard InChI is InChI=1S/C11H17NO4S/c13-7-9-16-8-6-12-17(14,15)10-11-4-2-1-3-5-11/h1-5,12-13H,6-10H2. The van der Waals surface area contributed by atoms with Gasteiger partial charge in [0.1, 0.15) is 0 Å². The Morgan fingerprint density at radius 2 is 1.88 bits per heavy atom. The highest BCUT2D eigenvalue weighted by atomic mass is 32.2. The number of aliphatic hydroxyl groups is 1. The summed E-state index contributed by atoms with van der Waals surface area (Å²) >= 11 is 0. The molecule has 6 heteroatoms. The number of nitrogens with one attached hydrogen (secondary N) is 1. The highest BCUT2D eigenvalue weighted by Crippen LogP contribution is 2.03. The Kier molecular flexibility index (Phi) is 6.13. The Labute approximate surface area is 101 Å². The number of sulfonamides is 1. The zero-order valence-electron chi connectivity index (χ0n) is 9.50. The van der Waals surface area contributed by atoms with E-state index in [2.05, 4.69) is 4.72 Å². The largest absolute Gasteiger partial charge is 0.394 e. The molecule has 0 aliphatic rings. The maximum Gasteiger partial charge on any atom is 0.215 e. The molecule has 0 aliphatic carbocycles. The van der Waals surface area contributed by atoms with Crippen molar-refractivity contribution in [3.05, 3.63) is 35.9 Å². The van der Waals surface area contributed by atoms with Crippen molar-refractivity contribution in [1.29, 1.82) is 0 Å². The van der Waals surface area contributed by atoms with Crippen molar-refractivity contribution in [2.45, 2.75) is 5.75 Å². The molecule has 2 N–H and O–H groups in total. The second-order valence-electron chi connectivity index (χ2n) is 3.48. The lowest BCUT2D eigenvalue weighted by Crippen LogP contribution is -2.28. The van der Waals surface area contributed by atoms with E-state index in [0.29, 0.717) is 0 Å². The fourth-order valence-electron chi connectivity index (χ4n) is 1.28. The fraction of sp³-hybridized carbons (Fsp3) is 0.455. The normalized spacial score (nSPS) is 11.6. The molecule has 0 aliphatic heterocycles. The summed E-state index contributed by atoms with van der Waals surface area (Å²) in [5.41, 5.74) is 0.747. The summed E-state index contributed by atoms with van der Waals surface area (Å²) < 4.78 is 30.6. The molecule has 1 aromatic rings. The van der Waals surface area contributed by atoms with Crippen LogP contribution in [0.25, 0.3) is 0 Å². The second-order valence-corrected chi connectivity index (χ2v) is 5.28. The molecule has 0 heterocycles. The van der Waals surface area contributed by atoms with Crippen LogP contribution in [0.4, 0.5) is 0 Å². The van der Waals surface area contributed by atoms with Crippen molar-refractivity contribution in [3.63, 3.8) is 0 Å². The molecule has 0 radical (unpaired) electrons. The molecule has 96 valence electrons. The molecule has 0 spiro atoms. The molecule has 17 heavy (non-hydrogen) atoms. The molecular weight excluding hydrogens is 242 g/mol. The topological polar surface area (TPSA) is 75.6 Å². The van der Waals surface area contributed by atoms with E-state index in [4.69, 9.17) is 9.84 Å². The van der Waals surface area contributed by atoms with Gasteiger partial charge in [-0.15, -0.1) is 0 Å². The van der Waals surface area contributed by atoms with Crippen LogP contribution in [0.2, 0.25) is 0 Å². The maximum absolute atomic E-state index is 11.6. The number of hydrogen-bond acceptors (Lipinski definition) is 4. The molecule has 1 aromatic carbocycles. The average Bonchev–Trinajstić information content (AvgIpc) is 2.29. The van der Waals surface area contributed by atoms with Crippen molar-refractivity contribution in [2.24, 2.45) is 0 Å². The summed E-state index contributed by atoms with van der Waals surface area (Å²) in [6.07, 6.45) is 0. The van der Waals surface area contributed by atoms with Crippen LogP contribution < -0.4 is 4.72 Å². The van der Waals surface area contributed by atoms with Gasteiger partial charge in [-0.1, -0.05) is 30.3 Å². The quantitative estimate of drug-likeness (QED) is 0.650. The SMILES string of the molecule is O=S(=O)(Cc1ccccc1)NCCOCCO. The summed E-state index contributed by atoms with van der Waals surface area (Å²) in [4.78, 5) is 0. The molecule has 0 atom stereocenters. The molecule has 0 saturated heterocycles. The van der Waals surface area contributed by atoms with Gasteiger partial charge >= 0.3 is 0 Å². The Hall–Kier alpha value is -0.950. The van der Waals surface area contributed by atoms with Gasteiger partial charge in [0, 0.05) is 6.54 Å². The summed E-state index contributed by atoms with van der Waals surface area (Å²) in [7, 11) is -3.31. The van der Waals surface area contributed by atoms with E-state index in [0.717, 1.165) is 5.56 Å².